The van der Waals surface area contributed by atoms with Gasteiger partial charge in [0.1, 0.15) is 5.75 Å². The lowest BCUT2D eigenvalue weighted by Gasteiger charge is -2.24. The molecule has 0 saturated heterocycles. The summed E-state index contributed by atoms with van der Waals surface area (Å²) in [5.74, 6) is -2.42. The average molecular weight is 398 g/mol. The van der Waals surface area contributed by atoms with Crippen molar-refractivity contribution >= 4 is 21.6 Å². The summed E-state index contributed by atoms with van der Waals surface area (Å²) in [4.78, 5) is 12.1. The van der Waals surface area contributed by atoms with E-state index in [1.54, 1.807) is 31.2 Å². The number of nitrogens with zero attached hydrogens (tertiary/aromatic N) is 1. The van der Waals surface area contributed by atoms with Crippen LogP contribution < -0.4 is 14.4 Å². The van der Waals surface area contributed by atoms with Crippen LogP contribution in [0.5, 0.6) is 5.75 Å². The Hall–Kier alpha value is -2.68. The van der Waals surface area contributed by atoms with Gasteiger partial charge in [0, 0.05) is 12.1 Å². The Labute approximate surface area is 156 Å². The summed E-state index contributed by atoms with van der Waals surface area (Å²) in [5, 5.41) is 2.49. The predicted molar refractivity (Wildman–Crippen MR) is 98.5 cm³/mol. The van der Waals surface area contributed by atoms with Crippen LogP contribution in [0.1, 0.15) is 17.3 Å². The minimum Gasteiger partial charge on any atom is -0.492 e. The van der Waals surface area contributed by atoms with Gasteiger partial charge in [0.25, 0.3) is 5.91 Å². The molecule has 0 aliphatic carbocycles. The van der Waals surface area contributed by atoms with Gasteiger partial charge >= 0.3 is 0 Å². The van der Waals surface area contributed by atoms with Crippen LogP contribution in [0.2, 0.25) is 0 Å². The molecule has 0 aliphatic heterocycles. The number of nitrogens with one attached hydrogen (secondary N) is 1. The van der Waals surface area contributed by atoms with Crippen molar-refractivity contribution in [3.8, 4) is 5.75 Å². The van der Waals surface area contributed by atoms with E-state index in [1.165, 1.54) is 0 Å². The van der Waals surface area contributed by atoms with E-state index in [2.05, 4.69) is 5.32 Å². The van der Waals surface area contributed by atoms with Crippen molar-refractivity contribution in [3.05, 3.63) is 59.7 Å². The molecule has 6 nitrogen and oxygen atoms in total. The molecule has 2 aromatic carbocycles. The van der Waals surface area contributed by atoms with Crippen LogP contribution in [-0.2, 0) is 10.0 Å². The number of carbonyl (C=O) groups is 1. The van der Waals surface area contributed by atoms with Gasteiger partial charge in [0.15, 0.2) is 11.6 Å². The third-order valence-corrected chi connectivity index (χ3v) is 4.80. The van der Waals surface area contributed by atoms with E-state index in [-0.39, 0.29) is 18.7 Å². The zero-order valence-corrected chi connectivity index (χ0v) is 15.7. The summed E-state index contributed by atoms with van der Waals surface area (Å²) in [6.07, 6.45) is 1.05. The molecule has 2 aromatic rings. The van der Waals surface area contributed by atoms with E-state index in [0.29, 0.717) is 18.0 Å². The smallest absolute Gasteiger partial charge is 0.251 e. The maximum atomic E-state index is 13.2. The number of para-hydroxylation sites is 2. The van der Waals surface area contributed by atoms with Gasteiger partial charge < -0.3 is 10.1 Å². The fourth-order valence-electron chi connectivity index (χ4n) is 2.42. The number of hydrogen-bond acceptors (Lipinski definition) is 4. The Morgan fingerprint density at radius 2 is 1.85 bits per heavy atom. The summed E-state index contributed by atoms with van der Waals surface area (Å²) < 4.78 is 57.1. The van der Waals surface area contributed by atoms with Gasteiger partial charge in [0.05, 0.1) is 25.1 Å². The van der Waals surface area contributed by atoms with E-state index < -0.39 is 27.6 Å². The van der Waals surface area contributed by atoms with Crippen LogP contribution in [0, 0.1) is 11.6 Å². The van der Waals surface area contributed by atoms with Crippen molar-refractivity contribution < 1.29 is 26.7 Å². The third-order valence-electron chi connectivity index (χ3n) is 3.62. The molecule has 2 rings (SSSR count). The molecule has 0 atom stereocenters. The number of benzene rings is 2. The number of halogens is 2. The molecule has 0 aliphatic rings. The van der Waals surface area contributed by atoms with E-state index in [1.807, 2.05) is 0 Å². The van der Waals surface area contributed by atoms with Gasteiger partial charge in [0.2, 0.25) is 10.0 Å². The maximum Gasteiger partial charge on any atom is 0.251 e. The van der Waals surface area contributed by atoms with Crippen molar-refractivity contribution in [1.29, 1.82) is 0 Å². The Morgan fingerprint density at radius 1 is 1.15 bits per heavy atom. The number of hydrogen-bond donors (Lipinski definition) is 1. The minimum absolute atomic E-state index is 0.0364. The second kappa shape index (κ2) is 8.81. The molecular formula is C18H20F2N2O4S. The quantitative estimate of drug-likeness (QED) is 0.742. The SMILES string of the molecule is CCOc1ccccc1N(CCNC(=O)c1ccc(F)c(F)c1)S(C)(=O)=O. The topological polar surface area (TPSA) is 75.7 Å². The first-order valence-corrected chi connectivity index (χ1v) is 10.0. The van der Waals surface area contributed by atoms with Gasteiger partial charge in [-0.3, -0.25) is 9.10 Å². The molecule has 0 aromatic heterocycles. The molecule has 146 valence electrons. The Morgan fingerprint density at radius 3 is 2.48 bits per heavy atom. The fourth-order valence-corrected chi connectivity index (χ4v) is 3.35. The average Bonchev–Trinajstić information content (AvgIpc) is 2.61. The lowest BCUT2D eigenvalue weighted by Crippen LogP contribution is -2.38. The second-order valence-corrected chi connectivity index (χ2v) is 7.53. The second-order valence-electron chi connectivity index (χ2n) is 5.62. The maximum absolute atomic E-state index is 13.2. The molecule has 0 unspecified atom stereocenters. The lowest BCUT2D eigenvalue weighted by molar-refractivity contribution is 0.0954. The highest BCUT2D eigenvalue weighted by atomic mass is 32.2. The normalized spacial score (nSPS) is 11.1. The number of anilines is 1. The van der Waals surface area contributed by atoms with Crippen LogP contribution >= 0.6 is 0 Å². The number of amides is 1. The molecule has 0 spiro atoms. The zero-order chi connectivity index (χ0) is 20.0. The zero-order valence-electron chi connectivity index (χ0n) is 14.9. The van der Waals surface area contributed by atoms with Gasteiger partial charge in [-0.2, -0.15) is 0 Å². The van der Waals surface area contributed by atoms with E-state index in [9.17, 15) is 22.0 Å². The highest BCUT2D eigenvalue weighted by Gasteiger charge is 2.21. The number of sulfonamides is 1. The van der Waals surface area contributed by atoms with Crippen LogP contribution in [-0.4, -0.2) is 40.3 Å². The van der Waals surface area contributed by atoms with Crippen LogP contribution in [0.25, 0.3) is 0 Å². The standard InChI is InChI=1S/C18H20F2N2O4S/c1-3-26-17-7-5-4-6-16(17)22(27(2,24)25)11-10-21-18(23)13-8-9-14(19)15(20)12-13/h4-9,12H,3,10-11H2,1-2H3,(H,21,23). The van der Waals surface area contributed by atoms with Crippen molar-refractivity contribution in [2.75, 3.05) is 30.3 Å². The molecule has 0 radical (unpaired) electrons. The summed E-state index contributed by atoms with van der Waals surface area (Å²) in [7, 11) is -3.64. The predicted octanol–water partition coefficient (Wildman–Crippen LogP) is 2.56. The molecule has 0 bridgehead atoms. The van der Waals surface area contributed by atoms with Crippen LogP contribution in [0.15, 0.2) is 42.5 Å². The van der Waals surface area contributed by atoms with E-state index in [0.717, 1.165) is 28.8 Å². The number of rotatable bonds is 8. The first-order valence-electron chi connectivity index (χ1n) is 8.16. The van der Waals surface area contributed by atoms with Gasteiger partial charge in [-0.05, 0) is 37.3 Å². The summed E-state index contributed by atoms with van der Waals surface area (Å²) >= 11 is 0. The van der Waals surface area contributed by atoms with Crippen molar-refractivity contribution in [3.63, 3.8) is 0 Å². The molecule has 0 saturated carbocycles. The Kier molecular flexibility index (Phi) is 6.73. The van der Waals surface area contributed by atoms with Crippen LogP contribution in [0.4, 0.5) is 14.5 Å². The third kappa shape index (κ3) is 5.40. The summed E-state index contributed by atoms with van der Waals surface area (Å²) in [5.41, 5.74) is 0.290. The summed E-state index contributed by atoms with van der Waals surface area (Å²) in [6, 6.07) is 9.43. The molecule has 0 heterocycles. The van der Waals surface area contributed by atoms with Crippen LogP contribution in [0.3, 0.4) is 0 Å². The minimum atomic E-state index is -3.64. The lowest BCUT2D eigenvalue weighted by atomic mass is 10.2. The Bertz CT molecular complexity index is 919. The van der Waals surface area contributed by atoms with Gasteiger partial charge in [-0.25, -0.2) is 17.2 Å². The van der Waals surface area contributed by atoms with Crippen molar-refractivity contribution in [2.24, 2.45) is 0 Å². The molecule has 27 heavy (non-hydrogen) atoms. The van der Waals surface area contributed by atoms with Gasteiger partial charge in [-0.1, -0.05) is 12.1 Å². The molecule has 0 fully saturated rings. The summed E-state index contributed by atoms with van der Waals surface area (Å²) in [6.45, 7) is 2.05. The molecule has 1 amide bonds. The van der Waals surface area contributed by atoms with E-state index in [4.69, 9.17) is 4.74 Å². The Balaban J connectivity index is 2.12. The first kappa shape index (κ1) is 20.6. The fraction of sp³-hybridized carbons (Fsp3) is 0.278. The highest BCUT2D eigenvalue weighted by Crippen LogP contribution is 2.29. The monoisotopic (exact) mass is 398 g/mol. The largest absolute Gasteiger partial charge is 0.492 e. The van der Waals surface area contributed by atoms with Crippen molar-refractivity contribution in [2.45, 2.75) is 6.92 Å². The number of ether oxygens (including phenoxy) is 1. The number of carbonyl (C=O) groups excluding carboxylic acids is 1. The highest BCUT2D eigenvalue weighted by molar-refractivity contribution is 7.92. The molecule has 1 N–H and O–H groups in total. The molecular weight excluding hydrogens is 378 g/mol. The first-order chi connectivity index (χ1) is 12.7. The van der Waals surface area contributed by atoms with Gasteiger partial charge in [-0.15, -0.1) is 0 Å². The molecule has 9 heteroatoms. The van der Waals surface area contributed by atoms with E-state index >= 15 is 0 Å². The van der Waals surface area contributed by atoms with Crippen molar-refractivity contribution in [1.82, 2.24) is 5.32 Å².